The molecule has 1 N–H and O–H groups in total. The molecule has 3 nitrogen and oxygen atoms in total. The van der Waals surface area contributed by atoms with Gasteiger partial charge in [0.2, 0.25) is 0 Å². The van der Waals surface area contributed by atoms with Crippen molar-refractivity contribution in [3.05, 3.63) is 59.1 Å². The summed E-state index contributed by atoms with van der Waals surface area (Å²) in [5, 5.41) is 4.63. The lowest BCUT2D eigenvalue weighted by atomic mass is 10.1. The molecule has 20 heavy (non-hydrogen) atoms. The predicted octanol–water partition coefficient (Wildman–Crippen LogP) is 4.37. The first kappa shape index (κ1) is 12.7. The monoisotopic (exact) mass is 266 g/mol. The zero-order valence-electron chi connectivity index (χ0n) is 12.0. The normalized spacial score (nSPS) is 10.9. The van der Waals surface area contributed by atoms with Crippen molar-refractivity contribution in [3.63, 3.8) is 0 Å². The molecule has 0 fully saturated rings. The first-order valence-electron chi connectivity index (χ1n) is 6.80. The fourth-order valence-electron chi connectivity index (χ4n) is 2.50. The van der Waals surface area contributed by atoms with Crippen molar-refractivity contribution in [2.75, 3.05) is 5.32 Å². The number of nitrogens with zero attached hydrogens (tertiary/aromatic N) is 1. The predicted molar refractivity (Wildman–Crippen MR) is 82.0 cm³/mol. The Labute approximate surface area is 118 Å². The summed E-state index contributed by atoms with van der Waals surface area (Å²) in [6.07, 6.45) is 0. The van der Waals surface area contributed by atoms with E-state index in [1.54, 1.807) is 0 Å². The molecule has 102 valence electrons. The van der Waals surface area contributed by atoms with Crippen LogP contribution in [0.5, 0.6) is 0 Å². The molecule has 1 aromatic carbocycles. The number of anilines is 1. The highest BCUT2D eigenvalue weighted by molar-refractivity contribution is 5.82. The van der Waals surface area contributed by atoms with Crippen molar-refractivity contribution < 1.29 is 4.42 Å². The van der Waals surface area contributed by atoms with Gasteiger partial charge in [-0.25, -0.2) is 0 Å². The van der Waals surface area contributed by atoms with Gasteiger partial charge in [-0.15, -0.1) is 0 Å². The lowest BCUT2D eigenvalue weighted by molar-refractivity contribution is 0.573. The number of hydrogen-bond acceptors (Lipinski definition) is 3. The molecule has 0 atom stereocenters. The summed E-state index contributed by atoms with van der Waals surface area (Å²) in [6, 6.07) is 12.2. The van der Waals surface area contributed by atoms with Crippen LogP contribution in [0, 0.1) is 20.8 Å². The number of benzene rings is 1. The van der Waals surface area contributed by atoms with Crippen LogP contribution in [0.25, 0.3) is 11.0 Å². The molecule has 2 aromatic heterocycles. The average Bonchev–Trinajstić information content (AvgIpc) is 2.74. The van der Waals surface area contributed by atoms with Crippen LogP contribution in [-0.2, 0) is 6.54 Å². The topological polar surface area (TPSA) is 38.1 Å². The Kier molecular flexibility index (Phi) is 3.18. The van der Waals surface area contributed by atoms with E-state index in [0.29, 0.717) is 0 Å². The Morgan fingerprint density at radius 2 is 1.85 bits per heavy atom. The van der Waals surface area contributed by atoms with Gasteiger partial charge in [-0.2, -0.15) is 0 Å². The van der Waals surface area contributed by atoms with Gasteiger partial charge < -0.3 is 9.73 Å². The van der Waals surface area contributed by atoms with Gasteiger partial charge in [0.05, 0.1) is 11.4 Å². The fourth-order valence-corrected chi connectivity index (χ4v) is 2.50. The van der Waals surface area contributed by atoms with E-state index in [4.69, 9.17) is 4.42 Å². The summed E-state index contributed by atoms with van der Waals surface area (Å²) in [6.45, 7) is 6.78. The molecule has 3 aromatic rings. The molecule has 0 aliphatic rings. The molecule has 0 spiro atoms. The maximum absolute atomic E-state index is 5.78. The number of nitrogens with one attached hydrogen (secondary N) is 1. The molecule has 0 amide bonds. The van der Waals surface area contributed by atoms with Crippen LogP contribution < -0.4 is 5.32 Å². The Hall–Kier alpha value is -2.29. The number of para-hydroxylation sites is 1. The molecule has 3 rings (SSSR count). The van der Waals surface area contributed by atoms with E-state index in [9.17, 15) is 0 Å². The van der Waals surface area contributed by atoms with Gasteiger partial charge in [0.25, 0.3) is 0 Å². The number of aryl methyl sites for hydroxylation is 3. The number of hydrogen-bond donors (Lipinski definition) is 1. The minimum Gasteiger partial charge on any atom is -0.461 e. The number of furan rings is 1. The SMILES string of the molecule is Cc1ccc(NCc2c(C)oc3ccccc23)c(C)n1. The van der Waals surface area contributed by atoms with Crippen molar-refractivity contribution in [3.8, 4) is 0 Å². The molecule has 0 saturated heterocycles. The maximum Gasteiger partial charge on any atom is 0.134 e. The van der Waals surface area contributed by atoms with Crippen LogP contribution in [-0.4, -0.2) is 4.98 Å². The Morgan fingerprint density at radius 1 is 1.05 bits per heavy atom. The third kappa shape index (κ3) is 2.27. The van der Waals surface area contributed by atoms with Crippen LogP contribution >= 0.6 is 0 Å². The second-order valence-electron chi connectivity index (χ2n) is 5.07. The summed E-state index contributed by atoms with van der Waals surface area (Å²) in [7, 11) is 0. The molecule has 3 heteroatoms. The minimum absolute atomic E-state index is 0.744. The van der Waals surface area contributed by atoms with Crippen molar-refractivity contribution in [2.24, 2.45) is 0 Å². The van der Waals surface area contributed by atoms with Crippen molar-refractivity contribution in [1.82, 2.24) is 4.98 Å². The zero-order valence-corrected chi connectivity index (χ0v) is 12.0. The van der Waals surface area contributed by atoms with Crippen molar-refractivity contribution >= 4 is 16.7 Å². The van der Waals surface area contributed by atoms with Crippen LogP contribution in [0.15, 0.2) is 40.8 Å². The lowest BCUT2D eigenvalue weighted by Crippen LogP contribution is -2.03. The molecule has 2 heterocycles. The highest BCUT2D eigenvalue weighted by Gasteiger charge is 2.10. The Bertz CT molecular complexity index is 759. The van der Waals surface area contributed by atoms with Gasteiger partial charge in [0.1, 0.15) is 11.3 Å². The van der Waals surface area contributed by atoms with Crippen LogP contribution in [0.1, 0.15) is 22.7 Å². The summed E-state index contributed by atoms with van der Waals surface area (Å²) in [4.78, 5) is 4.47. The second-order valence-corrected chi connectivity index (χ2v) is 5.07. The zero-order chi connectivity index (χ0) is 14.1. The first-order valence-corrected chi connectivity index (χ1v) is 6.80. The fraction of sp³-hybridized carbons (Fsp3) is 0.235. The van der Waals surface area contributed by atoms with E-state index in [1.165, 1.54) is 10.9 Å². The first-order chi connectivity index (χ1) is 9.65. The van der Waals surface area contributed by atoms with E-state index < -0.39 is 0 Å². The lowest BCUT2D eigenvalue weighted by Gasteiger charge is -2.09. The van der Waals surface area contributed by atoms with E-state index >= 15 is 0 Å². The molecular formula is C17H18N2O. The third-order valence-electron chi connectivity index (χ3n) is 3.58. The molecule has 0 aliphatic heterocycles. The Morgan fingerprint density at radius 3 is 2.65 bits per heavy atom. The summed E-state index contributed by atoms with van der Waals surface area (Å²) in [5.41, 5.74) is 5.29. The molecule has 0 bridgehead atoms. The smallest absolute Gasteiger partial charge is 0.134 e. The second kappa shape index (κ2) is 5.00. The van der Waals surface area contributed by atoms with Crippen molar-refractivity contribution in [1.29, 1.82) is 0 Å². The highest BCUT2D eigenvalue weighted by Crippen LogP contribution is 2.26. The molecule has 0 saturated carbocycles. The van der Waals surface area contributed by atoms with Gasteiger partial charge in [-0.05, 0) is 39.0 Å². The molecular weight excluding hydrogens is 248 g/mol. The highest BCUT2D eigenvalue weighted by atomic mass is 16.3. The van der Waals surface area contributed by atoms with Gasteiger partial charge in [0.15, 0.2) is 0 Å². The summed E-state index contributed by atoms with van der Waals surface area (Å²) < 4.78 is 5.78. The van der Waals surface area contributed by atoms with Gasteiger partial charge in [0, 0.05) is 23.2 Å². The van der Waals surface area contributed by atoms with E-state index in [1.807, 2.05) is 45.0 Å². The standard InChI is InChI=1S/C17H18N2O/c1-11-8-9-16(12(2)19-11)18-10-15-13(3)20-17-7-5-4-6-14(15)17/h4-9,18H,10H2,1-3H3. The summed E-state index contributed by atoms with van der Waals surface area (Å²) in [5.74, 6) is 0.969. The number of aromatic nitrogens is 1. The third-order valence-corrected chi connectivity index (χ3v) is 3.58. The van der Waals surface area contributed by atoms with Gasteiger partial charge in [-0.3, -0.25) is 4.98 Å². The van der Waals surface area contributed by atoms with Crippen LogP contribution in [0.3, 0.4) is 0 Å². The van der Waals surface area contributed by atoms with Crippen molar-refractivity contribution in [2.45, 2.75) is 27.3 Å². The summed E-state index contributed by atoms with van der Waals surface area (Å²) >= 11 is 0. The van der Waals surface area contributed by atoms with Crippen LogP contribution in [0.2, 0.25) is 0 Å². The molecule has 0 unspecified atom stereocenters. The van der Waals surface area contributed by atoms with E-state index in [-0.39, 0.29) is 0 Å². The van der Waals surface area contributed by atoms with Gasteiger partial charge in [-0.1, -0.05) is 18.2 Å². The molecule has 0 radical (unpaired) electrons. The average molecular weight is 266 g/mol. The number of fused-ring (bicyclic) bond motifs is 1. The number of pyridine rings is 1. The Balaban J connectivity index is 1.88. The van der Waals surface area contributed by atoms with Gasteiger partial charge >= 0.3 is 0 Å². The molecule has 0 aliphatic carbocycles. The quantitative estimate of drug-likeness (QED) is 0.765. The number of rotatable bonds is 3. The largest absolute Gasteiger partial charge is 0.461 e. The van der Waals surface area contributed by atoms with E-state index in [2.05, 4.69) is 22.4 Å². The maximum atomic E-state index is 5.78. The van der Waals surface area contributed by atoms with E-state index in [0.717, 1.165) is 35.0 Å². The minimum atomic E-state index is 0.744. The van der Waals surface area contributed by atoms with Crippen LogP contribution in [0.4, 0.5) is 5.69 Å².